The summed E-state index contributed by atoms with van der Waals surface area (Å²) >= 11 is -2.36. The van der Waals surface area contributed by atoms with Crippen LogP contribution in [0.15, 0.2) is 48.5 Å². The van der Waals surface area contributed by atoms with Crippen molar-refractivity contribution in [1.29, 1.82) is 0 Å². The summed E-state index contributed by atoms with van der Waals surface area (Å²) in [5, 5.41) is 4.03. The Hall–Kier alpha value is -1.89. The lowest BCUT2D eigenvalue weighted by Crippen LogP contribution is -2.07. The van der Waals surface area contributed by atoms with Crippen LogP contribution in [0.3, 0.4) is 0 Å². The molecule has 6 heteroatoms. The fourth-order valence-electron chi connectivity index (χ4n) is 2.55. The molecule has 0 amide bonds. The zero-order chi connectivity index (χ0) is 18.7. The molecule has 0 aromatic heterocycles. The lowest BCUT2D eigenvalue weighted by molar-refractivity contribution is 0.414. The third-order valence-electron chi connectivity index (χ3n) is 3.94. The van der Waals surface area contributed by atoms with Crippen molar-refractivity contribution < 1.29 is 18.2 Å². The summed E-state index contributed by atoms with van der Waals surface area (Å²) in [5.41, 5.74) is 2.74. The summed E-state index contributed by atoms with van der Waals surface area (Å²) in [6.45, 7) is 2.26. The van der Waals surface area contributed by atoms with E-state index in [4.69, 9.17) is 18.2 Å². The molecule has 0 radical (unpaired) electrons. The molecule has 5 nitrogen and oxygen atoms in total. The molecular formula is C19H26NO4S-. The average Bonchev–Trinajstić information content (AvgIpc) is 2.62. The number of ether oxygens (including phenoxy) is 2. The summed E-state index contributed by atoms with van der Waals surface area (Å²) < 4.78 is 28.0. The van der Waals surface area contributed by atoms with Crippen LogP contribution in [0.2, 0.25) is 0 Å². The highest BCUT2D eigenvalue weighted by Crippen LogP contribution is 2.21. The number of methoxy groups -OCH3 is 2. The number of benzene rings is 2. The normalized spacial score (nSPS) is 11.4. The second kappa shape index (κ2) is 11.6. The molecule has 0 heterocycles. The van der Waals surface area contributed by atoms with Crippen LogP contribution in [0, 0.1) is 5.92 Å². The summed E-state index contributed by atoms with van der Waals surface area (Å²) in [7, 11) is 3.40. The lowest BCUT2D eigenvalue weighted by atomic mass is 9.90. The van der Waals surface area contributed by atoms with Crippen LogP contribution in [-0.2, 0) is 24.1 Å². The minimum Gasteiger partial charge on any atom is -0.760 e. The monoisotopic (exact) mass is 364 g/mol. The van der Waals surface area contributed by atoms with Gasteiger partial charge in [0.05, 0.1) is 14.2 Å². The summed E-state index contributed by atoms with van der Waals surface area (Å²) in [4.78, 5) is 0. The molecule has 0 bridgehead atoms. The molecule has 138 valence electrons. The smallest absolute Gasteiger partial charge is 0.118 e. The molecule has 2 N–H and O–H groups in total. The van der Waals surface area contributed by atoms with E-state index >= 15 is 0 Å². The molecule has 0 aliphatic heterocycles. The first-order valence-corrected chi connectivity index (χ1v) is 9.21. The van der Waals surface area contributed by atoms with Gasteiger partial charge in [0, 0.05) is 11.3 Å². The predicted octanol–water partition coefficient (Wildman–Crippen LogP) is 3.25. The van der Waals surface area contributed by atoms with Gasteiger partial charge in [-0.3, -0.25) is 9.35 Å². The molecular weight excluding hydrogens is 338 g/mol. The van der Waals surface area contributed by atoms with Crippen molar-refractivity contribution in [1.82, 2.24) is 0 Å². The van der Waals surface area contributed by atoms with Gasteiger partial charge in [-0.2, -0.15) is 0 Å². The van der Waals surface area contributed by atoms with Gasteiger partial charge in [0.1, 0.15) is 11.5 Å². The Balaban J connectivity index is 0.000000705. The highest BCUT2D eigenvalue weighted by atomic mass is 32.2. The Bertz CT molecular complexity index is 575. The number of hydrogen-bond acceptors (Lipinski definition) is 4. The lowest BCUT2D eigenvalue weighted by Gasteiger charge is -2.15. The van der Waals surface area contributed by atoms with Crippen molar-refractivity contribution in [3.63, 3.8) is 0 Å². The highest BCUT2D eigenvalue weighted by Gasteiger charge is 2.09. The van der Waals surface area contributed by atoms with Gasteiger partial charge in [0.25, 0.3) is 0 Å². The van der Waals surface area contributed by atoms with Gasteiger partial charge in [-0.15, -0.1) is 0 Å². The second-order valence-corrected chi connectivity index (χ2v) is 6.16. The van der Waals surface area contributed by atoms with Crippen LogP contribution in [0.5, 0.6) is 11.5 Å². The van der Waals surface area contributed by atoms with Crippen LogP contribution in [0.1, 0.15) is 24.5 Å². The fraction of sp³-hybridized carbons (Fsp3) is 0.368. The molecule has 0 saturated heterocycles. The van der Waals surface area contributed by atoms with Crippen LogP contribution in [0.25, 0.3) is 0 Å². The van der Waals surface area contributed by atoms with E-state index in [1.54, 1.807) is 14.2 Å². The maximum absolute atomic E-state index is 8.78. The van der Waals surface area contributed by atoms with Crippen molar-refractivity contribution in [3.8, 4) is 11.5 Å². The van der Waals surface area contributed by atoms with Gasteiger partial charge in [-0.05, 0) is 54.2 Å². The van der Waals surface area contributed by atoms with E-state index in [0.29, 0.717) is 5.92 Å². The Morgan fingerprint density at radius 3 is 1.48 bits per heavy atom. The van der Waals surface area contributed by atoms with Gasteiger partial charge in [0.15, 0.2) is 0 Å². The third-order valence-corrected chi connectivity index (χ3v) is 3.94. The van der Waals surface area contributed by atoms with Crippen molar-refractivity contribution in [3.05, 3.63) is 59.7 Å². The van der Waals surface area contributed by atoms with Gasteiger partial charge in [0.2, 0.25) is 0 Å². The van der Waals surface area contributed by atoms with Crippen molar-refractivity contribution in [2.75, 3.05) is 14.2 Å². The molecule has 0 spiro atoms. The molecule has 0 aliphatic rings. The minimum atomic E-state index is -2.36. The van der Waals surface area contributed by atoms with E-state index in [1.807, 2.05) is 24.3 Å². The SMILES string of the molecule is CCC(Cc1ccc(OC)cc1)Cc1ccc(OC)cc1.NS(=O)[O-]. The van der Waals surface area contributed by atoms with Gasteiger partial charge in [-0.25, -0.2) is 0 Å². The largest absolute Gasteiger partial charge is 0.760 e. The number of hydrogen-bond donors (Lipinski definition) is 1. The maximum Gasteiger partial charge on any atom is 0.118 e. The molecule has 25 heavy (non-hydrogen) atoms. The van der Waals surface area contributed by atoms with Crippen molar-refractivity contribution >= 4 is 11.3 Å². The van der Waals surface area contributed by atoms with E-state index in [9.17, 15) is 0 Å². The Labute approximate surface area is 152 Å². The summed E-state index contributed by atoms with van der Waals surface area (Å²) in [5.74, 6) is 2.50. The van der Waals surface area contributed by atoms with Gasteiger partial charge < -0.3 is 14.0 Å². The average molecular weight is 364 g/mol. The first kappa shape index (κ1) is 21.2. The quantitative estimate of drug-likeness (QED) is 0.764. The van der Waals surface area contributed by atoms with E-state index in [-0.39, 0.29) is 0 Å². The molecule has 2 aromatic rings. The topological polar surface area (TPSA) is 84.6 Å². The Kier molecular flexibility index (Phi) is 9.84. The Morgan fingerprint density at radius 2 is 1.24 bits per heavy atom. The van der Waals surface area contributed by atoms with Crippen LogP contribution >= 0.6 is 0 Å². The Morgan fingerprint density at radius 1 is 0.920 bits per heavy atom. The summed E-state index contributed by atoms with van der Waals surface area (Å²) in [6.07, 6.45) is 3.39. The first-order valence-electron chi connectivity index (χ1n) is 8.08. The second-order valence-electron chi connectivity index (χ2n) is 5.64. The number of rotatable bonds is 7. The van der Waals surface area contributed by atoms with Crippen LogP contribution in [0.4, 0.5) is 0 Å². The first-order chi connectivity index (χ1) is 12.0. The predicted molar refractivity (Wildman–Crippen MR) is 100 cm³/mol. The highest BCUT2D eigenvalue weighted by molar-refractivity contribution is 7.76. The van der Waals surface area contributed by atoms with E-state index < -0.39 is 11.3 Å². The zero-order valence-corrected chi connectivity index (χ0v) is 15.8. The zero-order valence-electron chi connectivity index (χ0n) is 14.9. The van der Waals surface area contributed by atoms with Crippen molar-refractivity contribution in [2.45, 2.75) is 26.2 Å². The van der Waals surface area contributed by atoms with Gasteiger partial charge in [-0.1, -0.05) is 37.6 Å². The van der Waals surface area contributed by atoms with E-state index in [2.05, 4.69) is 36.3 Å². The summed E-state index contributed by atoms with van der Waals surface area (Å²) in [6, 6.07) is 16.8. The molecule has 1 unspecified atom stereocenters. The maximum atomic E-state index is 8.78. The molecule has 2 rings (SSSR count). The van der Waals surface area contributed by atoms with Gasteiger partial charge >= 0.3 is 0 Å². The third kappa shape index (κ3) is 8.67. The minimum absolute atomic E-state index is 0.659. The molecule has 1 atom stereocenters. The van der Waals surface area contributed by atoms with Crippen LogP contribution in [-0.4, -0.2) is 23.0 Å². The molecule has 0 fully saturated rings. The van der Waals surface area contributed by atoms with Crippen LogP contribution < -0.4 is 14.6 Å². The molecule has 2 aromatic carbocycles. The number of nitrogens with two attached hydrogens (primary N) is 1. The van der Waals surface area contributed by atoms with Crippen molar-refractivity contribution in [2.24, 2.45) is 11.1 Å². The fourth-order valence-corrected chi connectivity index (χ4v) is 2.55. The standard InChI is InChI=1S/C19H24O2.H3NO2S/c1-4-15(13-16-5-9-18(20-2)10-6-16)14-17-7-11-19(21-3)12-8-17;1-4(2)3/h5-12,15H,4,13-14H2,1-3H3;1H2,(H,2,3)/p-1. The molecule has 0 aliphatic carbocycles. The molecule has 0 saturated carbocycles. The van der Waals surface area contributed by atoms with E-state index in [1.165, 1.54) is 17.5 Å². The van der Waals surface area contributed by atoms with E-state index in [0.717, 1.165) is 24.3 Å².